The Balaban J connectivity index is 0.00000282. The molecule has 14 heteroatoms. The number of carboxylic acids is 1. The minimum Gasteiger partial charge on any atom is -0.483 e. The van der Waals surface area contributed by atoms with Gasteiger partial charge in [-0.2, -0.15) is 0 Å². The van der Waals surface area contributed by atoms with Gasteiger partial charge in [-0.15, -0.1) is 0 Å². The molecule has 13 nitrogen and oxygen atoms in total. The van der Waals surface area contributed by atoms with Crippen molar-refractivity contribution in [3.05, 3.63) is 23.4 Å². The van der Waals surface area contributed by atoms with E-state index in [4.69, 9.17) is 24.4 Å². The van der Waals surface area contributed by atoms with Crippen molar-refractivity contribution < 1.29 is 48.4 Å². The van der Waals surface area contributed by atoms with E-state index < -0.39 is 27.5 Å². The van der Waals surface area contributed by atoms with Crippen LogP contribution in [0.4, 0.5) is 10.6 Å². The number of carbonyl (C=O) groups is 4. The fourth-order valence-corrected chi connectivity index (χ4v) is 2.40. The molecule has 0 fully saturated rings. The fourth-order valence-electron chi connectivity index (χ4n) is 2.26. The number of carboxylic acid groups (broad SMARTS) is 2. The SMILES string of the molecule is CCN(Cc1cc(C(=O)O)cnc1N(C)C(=O)C(C)C)C(=O)OCOP(O)O.O=CO. The van der Waals surface area contributed by atoms with E-state index in [1.54, 1.807) is 20.8 Å². The lowest BCUT2D eigenvalue weighted by Crippen LogP contribution is -2.35. The Morgan fingerprint density at radius 3 is 2.32 bits per heavy atom. The first kappa shape index (κ1) is 28.1. The van der Waals surface area contributed by atoms with Gasteiger partial charge < -0.3 is 29.6 Å². The number of hydrogen-bond acceptors (Lipinski definition) is 9. The topological polar surface area (TPSA) is 187 Å². The standard InChI is InChI=1S/C16H24N3O8P.CH2O2/c1-5-19(16(23)26-9-27-28(24)25)8-12-6-11(15(21)22)7-17-13(12)18(4)14(20)10(2)3;2-1-3/h6-7,10,24-25H,5,8-9H2,1-4H3,(H,21,22);1H,(H,2,3). The van der Waals surface area contributed by atoms with Crippen molar-refractivity contribution in [3.8, 4) is 0 Å². The second-order valence-corrected chi connectivity index (χ2v) is 6.86. The smallest absolute Gasteiger partial charge is 0.412 e. The van der Waals surface area contributed by atoms with Gasteiger partial charge in [-0.1, -0.05) is 13.8 Å². The summed E-state index contributed by atoms with van der Waals surface area (Å²) in [7, 11) is -1.14. The van der Waals surface area contributed by atoms with E-state index in [0.29, 0.717) is 5.56 Å². The molecule has 0 spiro atoms. The van der Waals surface area contributed by atoms with Gasteiger partial charge in [0.05, 0.1) is 12.1 Å². The van der Waals surface area contributed by atoms with E-state index in [-0.39, 0.29) is 42.8 Å². The molecule has 0 saturated heterocycles. The Bertz CT molecular complexity index is 760. The van der Waals surface area contributed by atoms with Crippen LogP contribution < -0.4 is 4.90 Å². The van der Waals surface area contributed by atoms with Crippen LogP contribution in [-0.4, -0.2) is 74.7 Å². The molecule has 0 aliphatic heterocycles. The number of anilines is 1. The van der Waals surface area contributed by atoms with Crippen LogP contribution in [0.5, 0.6) is 0 Å². The largest absolute Gasteiger partial charge is 0.483 e. The lowest BCUT2D eigenvalue weighted by atomic mass is 10.1. The maximum absolute atomic E-state index is 12.3. The minimum absolute atomic E-state index is 0.0818. The Labute approximate surface area is 179 Å². The second kappa shape index (κ2) is 14.2. The number of aromatic nitrogens is 1. The third kappa shape index (κ3) is 9.66. The minimum atomic E-state index is -2.66. The molecule has 0 aliphatic rings. The molecule has 1 heterocycles. The molecule has 1 aromatic rings. The zero-order chi connectivity index (χ0) is 24.1. The monoisotopic (exact) mass is 463 g/mol. The Hall–Kier alpha value is -2.86. The van der Waals surface area contributed by atoms with Gasteiger partial charge >= 0.3 is 20.7 Å². The van der Waals surface area contributed by atoms with E-state index in [0.717, 1.165) is 6.20 Å². The van der Waals surface area contributed by atoms with E-state index in [2.05, 4.69) is 9.51 Å². The zero-order valence-corrected chi connectivity index (χ0v) is 18.4. The molecule has 1 rings (SSSR count). The van der Waals surface area contributed by atoms with E-state index in [9.17, 15) is 19.5 Å². The number of hydrogen-bond donors (Lipinski definition) is 4. The third-order valence-corrected chi connectivity index (χ3v) is 4.02. The molecule has 0 unspecified atom stereocenters. The first-order chi connectivity index (χ1) is 14.5. The maximum Gasteiger partial charge on any atom is 0.412 e. The second-order valence-electron chi connectivity index (χ2n) is 6.09. The normalized spacial score (nSPS) is 10.2. The number of carbonyl (C=O) groups excluding carboxylic acids is 2. The van der Waals surface area contributed by atoms with Gasteiger partial charge in [0.2, 0.25) is 12.7 Å². The summed E-state index contributed by atoms with van der Waals surface area (Å²) in [6.45, 7) is 4.32. The van der Waals surface area contributed by atoms with Crippen LogP contribution in [0, 0.1) is 5.92 Å². The van der Waals surface area contributed by atoms with Crippen molar-refractivity contribution in [2.75, 3.05) is 25.3 Å². The van der Waals surface area contributed by atoms with Crippen LogP contribution in [0.3, 0.4) is 0 Å². The molecule has 0 bridgehead atoms. The predicted octanol–water partition coefficient (Wildman–Crippen LogP) is 1.24. The van der Waals surface area contributed by atoms with Crippen LogP contribution >= 0.6 is 8.60 Å². The molecule has 1 aromatic heterocycles. The van der Waals surface area contributed by atoms with Crippen LogP contribution in [0.1, 0.15) is 36.7 Å². The summed E-state index contributed by atoms with van der Waals surface area (Å²) in [5.74, 6) is -1.51. The first-order valence-electron chi connectivity index (χ1n) is 8.80. The van der Waals surface area contributed by atoms with Gasteiger partial charge in [0.25, 0.3) is 6.47 Å². The lowest BCUT2D eigenvalue weighted by molar-refractivity contribution is -0.123. The molecular weight excluding hydrogens is 437 g/mol. The summed E-state index contributed by atoms with van der Waals surface area (Å²) in [5.41, 5.74) is 0.241. The molecule has 0 atom stereocenters. The number of amides is 2. The van der Waals surface area contributed by atoms with Crippen LogP contribution in [0.15, 0.2) is 12.3 Å². The quantitative estimate of drug-likeness (QED) is 0.234. The average molecular weight is 463 g/mol. The first-order valence-corrected chi connectivity index (χ1v) is 9.96. The highest BCUT2D eigenvalue weighted by atomic mass is 31.2. The average Bonchev–Trinajstić information content (AvgIpc) is 2.70. The van der Waals surface area contributed by atoms with Gasteiger partial charge in [-0.3, -0.25) is 19.0 Å². The number of aromatic carboxylic acids is 1. The van der Waals surface area contributed by atoms with Crippen molar-refractivity contribution in [1.82, 2.24) is 9.88 Å². The summed E-state index contributed by atoms with van der Waals surface area (Å²) in [5, 5.41) is 16.1. The zero-order valence-electron chi connectivity index (χ0n) is 17.5. The van der Waals surface area contributed by atoms with Crippen LogP contribution in [0.25, 0.3) is 0 Å². The molecule has 174 valence electrons. The van der Waals surface area contributed by atoms with Crippen molar-refractivity contribution in [2.24, 2.45) is 5.92 Å². The van der Waals surface area contributed by atoms with Gasteiger partial charge in [0, 0.05) is 31.3 Å². The number of pyridine rings is 1. The summed E-state index contributed by atoms with van der Waals surface area (Å²) in [6.07, 6.45) is 0.322. The Kier molecular flexibility index (Phi) is 12.9. The van der Waals surface area contributed by atoms with Crippen molar-refractivity contribution in [3.63, 3.8) is 0 Å². The molecule has 0 aliphatic carbocycles. The molecular formula is C17H26N3O10P. The highest BCUT2D eigenvalue weighted by Crippen LogP contribution is 2.24. The van der Waals surface area contributed by atoms with Gasteiger partial charge in [0.1, 0.15) is 5.82 Å². The predicted molar refractivity (Wildman–Crippen MR) is 108 cm³/mol. The Morgan fingerprint density at radius 1 is 1.29 bits per heavy atom. The van der Waals surface area contributed by atoms with E-state index in [1.165, 1.54) is 22.9 Å². The van der Waals surface area contributed by atoms with Gasteiger partial charge in [0.15, 0.2) is 0 Å². The summed E-state index contributed by atoms with van der Waals surface area (Å²) >= 11 is 0. The van der Waals surface area contributed by atoms with Crippen LogP contribution in [-0.2, 0) is 25.4 Å². The Morgan fingerprint density at radius 2 is 1.87 bits per heavy atom. The summed E-state index contributed by atoms with van der Waals surface area (Å²) < 4.78 is 9.18. The number of rotatable bonds is 9. The van der Waals surface area contributed by atoms with Crippen molar-refractivity contribution in [2.45, 2.75) is 27.3 Å². The molecule has 0 radical (unpaired) electrons. The van der Waals surface area contributed by atoms with Crippen molar-refractivity contribution >= 4 is 38.9 Å². The van der Waals surface area contributed by atoms with Crippen LogP contribution in [0.2, 0.25) is 0 Å². The molecule has 31 heavy (non-hydrogen) atoms. The van der Waals surface area contributed by atoms with Crippen molar-refractivity contribution in [1.29, 1.82) is 0 Å². The molecule has 4 N–H and O–H groups in total. The third-order valence-electron chi connectivity index (χ3n) is 3.68. The lowest BCUT2D eigenvalue weighted by Gasteiger charge is -2.25. The summed E-state index contributed by atoms with van der Waals surface area (Å²) in [6, 6.07) is 1.34. The van der Waals surface area contributed by atoms with Gasteiger partial charge in [-0.25, -0.2) is 14.6 Å². The summed E-state index contributed by atoms with van der Waals surface area (Å²) in [4.78, 5) is 68.1. The highest BCUT2D eigenvalue weighted by molar-refractivity contribution is 7.39. The number of ether oxygens (including phenoxy) is 1. The molecule has 0 aromatic carbocycles. The fraction of sp³-hybridized carbons (Fsp3) is 0.471. The van der Waals surface area contributed by atoms with E-state index in [1.807, 2.05) is 0 Å². The highest BCUT2D eigenvalue weighted by Gasteiger charge is 2.23. The maximum atomic E-state index is 12.3. The van der Waals surface area contributed by atoms with E-state index >= 15 is 0 Å². The number of nitrogens with zero attached hydrogens (tertiary/aromatic N) is 3. The molecule has 2 amide bonds. The molecule has 0 saturated carbocycles. The van der Waals surface area contributed by atoms with Gasteiger partial charge in [-0.05, 0) is 13.0 Å².